The molecule has 3 aromatic heterocycles. The molecule has 9 nitrogen and oxygen atoms in total. The number of benzene rings is 1. The molecule has 0 saturated carbocycles. The Morgan fingerprint density at radius 1 is 1.23 bits per heavy atom. The average molecular weight is 400 g/mol. The Kier molecular flexibility index (Phi) is 4.97. The highest BCUT2D eigenvalue weighted by molar-refractivity contribution is 5.95. The van der Waals surface area contributed by atoms with E-state index in [1.807, 2.05) is 43.3 Å². The van der Waals surface area contributed by atoms with Gasteiger partial charge in [-0.15, -0.1) is 0 Å². The first-order chi connectivity index (χ1) is 14.5. The van der Waals surface area contributed by atoms with Gasteiger partial charge in [-0.25, -0.2) is 14.5 Å². The number of amides is 1. The molecular weight excluding hydrogens is 384 g/mol. The molecule has 0 bridgehead atoms. The fourth-order valence-corrected chi connectivity index (χ4v) is 2.87. The third-order valence-electron chi connectivity index (χ3n) is 4.31. The predicted molar refractivity (Wildman–Crippen MR) is 107 cm³/mol. The molecule has 3 heterocycles. The lowest BCUT2D eigenvalue weighted by atomic mass is 10.3. The number of carbonyl (C=O) groups is 2. The standard InChI is InChI=1S/C21H16N6O3/c1-14-7-8-26-12-17(24-18(26)9-14)21(29)30-13-19(28)25-20-15(10-22)11-23-27(20)16-5-3-2-4-6-16/h2-9,11-12H,13H2,1H3,(H,25,28). The molecule has 148 valence electrons. The van der Waals surface area contributed by atoms with Crippen LogP contribution in [0.15, 0.2) is 61.1 Å². The van der Waals surface area contributed by atoms with Crippen LogP contribution in [0.3, 0.4) is 0 Å². The van der Waals surface area contributed by atoms with Gasteiger partial charge in [0, 0.05) is 12.4 Å². The van der Waals surface area contributed by atoms with E-state index >= 15 is 0 Å². The van der Waals surface area contributed by atoms with Crippen LogP contribution in [-0.2, 0) is 9.53 Å². The summed E-state index contributed by atoms with van der Waals surface area (Å²) >= 11 is 0. The molecule has 0 aliphatic heterocycles. The number of aromatic nitrogens is 4. The third kappa shape index (κ3) is 3.74. The highest BCUT2D eigenvalue weighted by atomic mass is 16.5. The Labute approximate surface area is 171 Å². The van der Waals surface area contributed by atoms with Crippen LogP contribution in [0.2, 0.25) is 0 Å². The number of hydrogen-bond acceptors (Lipinski definition) is 6. The normalized spacial score (nSPS) is 10.5. The van der Waals surface area contributed by atoms with Crippen molar-refractivity contribution in [2.45, 2.75) is 6.92 Å². The average Bonchev–Trinajstić information content (AvgIpc) is 3.36. The summed E-state index contributed by atoms with van der Waals surface area (Å²) in [4.78, 5) is 28.8. The Bertz CT molecular complexity index is 1280. The largest absolute Gasteiger partial charge is 0.451 e. The molecule has 30 heavy (non-hydrogen) atoms. The molecule has 0 atom stereocenters. The van der Waals surface area contributed by atoms with Crippen LogP contribution in [0.1, 0.15) is 21.6 Å². The zero-order valence-corrected chi connectivity index (χ0v) is 15.9. The van der Waals surface area contributed by atoms with Crippen molar-refractivity contribution in [2.24, 2.45) is 0 Å². The smallest absolute Gasteiger partial charge is 0.359 e. The first-order valence-corrected chi connectivity index (χ1v) is 9.01. The minimum absolute atomic E-state index is 0.0976. The number of ether oxygens (including phenoxy) is 1. The van der Waals surface area contributed by atoms with Crippen LogP contribution in [-0.4, -0.2) is 37.6 Å². The number of nitriles is 1. The lowest BCUT2D eigenvalue weighted by molar-refractivity contribution is -0.119. The van der Waals surface area contributed by atoms with Crippen molar-refractivity contribution in [1.82, 2.24) is 19.2 Å². The highest BCUT2D eigenvalue weighted by Gasteiger charge is 2.18. The summed E-state index contributed by atoms with van der Waals surface area (Å²) in [5.41, 5.74) is 2.58. The van der Waals surface area contributed by atoms with Gasteiger partial charge < -0.3 is 14.5 Å². The molecule has 0 saturated heterocycles. The number of hydrogen-bond donors (Lipinski definition) is 1. The van der Waals surface area contributed by atoms with Crippen LogP contribution in [0.4, 0.5) is 5.82 Å². The fourth-order valence-electron chi connectivity index (χ4n) is 2.87. The van der Waals surface area contributed by atoms with Crippen molar-refractivity contribution in [2.75, 3.05) is 11.9 Å². The summed E-state index contributed by atoms with van der Waals surface area (Å²) in [6, 6.07) is 14.7. The Hall–Kier alpha value is -4.45. The zero-order chi connectivity index (χ0) is 21.1. The van der Waals surface area contributed by atoms with E-state index in [2.05, 4.69) is 15.4 Å². The van der Waals surface area contributed by atoms with Gasteiger partial charge in [0.05, 0.1) is 11.9 Å². The third-order valence-corrected chi connectivity index (χ3v) is 4.31. The number of rotatable bonds is 5. The lowest BCUT2D eigenvalue weighted by Crippen LogP contribution is -2.23. The molecule has 0 aliphatic carbocycles. The maximum Gasteiger partial charge on any atom is 0.359 e. The predicted octanol–water partition coefficient (Wildman–Crippen LogP) is 2.50. The number of fused-ring (bicyclic) bond motifs is 1. The minimum Gasteiger partial charge on any atom is -0.451 e. The van der Waals surface area contributed by atoms with Gasteiger partial charge in [0.25, 0.3) is 5.91 Å². The monoisotopic (exact) mass is 400 g/mol. The van der Waals surface area contributed by atoms with Crippen molar-refractivity contribution in [3.05, 3.63) is 77.9 Å². The maximum absolute atomic E-state index is 12.4. The Morgan fingerprint density at radius 3 is 2.80 bits per heavy atom. The van der Waals surface area contributed by atoms with Gasteiger partial charge in [-0.3, -0.25) is 4.79 Å². The summed E-state index contributed by atoms with van der Waals surface area (Å²) in [5.74, 6) is -1.12. The summed E-state index contributed by atoms with van der Waals surface area (Å²) in [7, 11) is 0. The molecule has 0 radical (unpaired) electrons. The molecule has 1 aromatic carbocycles. The van der Waals surface area contributed by atoms with Crippen LogP contribution in [0.5, 0.6) is 0 Å². The topological polar surface area (TPSA) is 114 Å². The minimum atomic E-state index is -0.719. The first kappa shape index (κ1) is 18.9. The van der Waals surface area contributed by atoms with Crippen LogP contribution >= 0.6 is 0 Å². The van der Waals surface area contributed by atoms with Gasteiger partial charge in [-0.1, -0.05) is 18.2 Å². The number of aryl methyl sites for hydroxylation is 1. The highest BCUT2D eigenvalue weighted by Crippen LogP contribution is 2.19. The molecule has 1 amide bonds. The number of pyridine rings is 1. The number of carbonyl (C=O) groups excluding carboxylic acids is 2. The molecular formula is C21H16N6O3. The van der Waals surface area contributed by atoms with E-state index in [1.165, 1.54) is 17.1 Å². The molecule has 0 aliphatic rings. The van der Waals surface area contributed by atoms with Gasteiger partial charge >= 0.3 is 5.97 Å². The van der Waals surface area contributed by atoms with E-state index in [-0.39, 0.29) is 17.1 Å². The number of anilines is 1. The molecule has 9 heteroatoms. The van der Waals surface area contributed by atoms with Gasteiger partial charge in [-0.05, 0) is 36.8 Å². The van der Waals surface area contributed by atoms with E-state index in [0.717, 1.165) is 5.56 Å². The van der Waals surface area contributed by atoms with E-state index < -0.39 is 18.5 Å². The van der Waals surface area contributed by atoms with Gasteiger partial charge in [0.2, 0.25) is 0 Å². The van der Waals surface area contributed by atoms with Crippen molar-refractivity contribution < 1.29 is 14.3 Å². The molecule has 0 unspecified atom stereocenters. The maximum atomic E-state index is 12.4. The fraction of sp³-hybridized carbons (Fsp3) is 0.0952. The molecule has 0 spiro atoms. The molecule has 0 fully saturated rings. The van der Waals surface area contributed by atoms with Crippen molar-refractivity contribution in [3.8, 4) is 11.8 Å². The van der Waals surface area contributed by atoms with Gasteiger partial charge in [0.15, 0.2) is 18.1 Å². The number of para-hydroxylation sites is 1. The number of nitrogens with one attached hydrogen (secondary N) is 1. The summed E-state index contributed by atoms with van der Waals surface area (Å²) in [6.07, 6.45) is 4.68. The van der Waals surface area contributed by atoms with E-state index in [4.69, 9.17) is 4.74 Å². The van der Waals surface area contributed by atoms with Crippen LogP contribution in [0, 0.1) is 18.3 Å². The molecule has 4 rings (SSSR count). The zero-order valence-electron chi connectivity index (χ0n) is 15.9. The van der Waals surface area contributed by atoms with Gasteiger partial charge in [-0.2, -0.15) is 10.4 Å². The second-order valence-electron chi connectivity index (χ2n) is 6.49. The number of imidazole rings is 1. The van der Waals surface area contributed by atoms with Crippen molar-refractivity contribution >= 4 is 23.3 Å². The second kappa shape index (κ2) is 7.89. The van der Waals surface area contributed by atoms with E-state index in [1.54, 1.807) is 22.7 Å². The van der Waals surface area contributed by atoms with Crippen molar-refractivity contribution in [3.63, 3.8) is 0 Å². The van der Waals surface area contributed by atoms with Crippen LogP contribution < -0.4 is 5.32 Å². The molecule has 4 aromatic rings. The van der Waals surface area contributed by atoms with Crippen molar-refractivity contribution in [1.29, 1.82) is 5.26 Å². The quantitative estimate of drug-likeness (QED) is 0.515. The lowest BCUT2D eigenvalue weighted by Gasteiger charge is -2.09. The molecule has 1 N–H and O–H groups in total. The summed E-state index contributed by atoms with van der Waals surface area (Å²) in [5, 5.41) is 16.0. The first-order valence-electron chi connectivity index (χ1n) is 9.01. The summed E-state index contributed by atoms with van der Waals surface area (Å²) < 4.78 is 8.21. The SMILES string of the molecule is Cc1ccn2cc(C(=O)OCC(=O)Nc3c(C#N)cnn3-c3ccccc3)nc2c1. The number of nitrogens with zero attached hydrogens (tertiary/aromatic N) is 5. The van der Waals surface area contributed by atoms with E-state index in [9.17, 15) is 14.9 Å². The van der Waals surface area contributed by atoms with Crippen LogP contribution in [0.25, 0.3) is 11.3 Å². The Morgan fingerprint density at radius 2 is 2.03 bits per heavy atom. The van der Waals surface area contributed by atoms with Gasteiger partial charge in [0.1, 0.15) is 17.3 Å². The Balaban J connectivity index is 1.45. The van der Waals surface area contributed by atoms with E-state index in [0.29, 0.717) is 11.3 Å². The summed E-state index contributed by atoms with van der Waals surface area (Å²) in [6.45, 7) is 1.39. The second-order valence-corrected chi connectivity index (χ2v) is 6.49. The number of esters is 1.